The van der Waals surface area contributed by atoms with Crippen molar-refractivity contribution in [1.82, 2.24) is 9.80 Å². The van der Waals surface area contributed by atoms with E-state index in [1.54, 1.807) is 7.11 Å². The first kappa shape index (κ1) is 21.7. The molecule has 0 saturated carbocycles. The van der Waals surface area contributed by atoms with E-state index in [0.717, 1.165) is 70.2 Å². The number of benzene rings is 2. The van der Waals surface area contributed by atoms with Crippen molar-refractivity contribution in [1.29, 1.82) is 0 Å². The van der Waals surface area contributed by atoms with Crippen molar-refractivity contribution in [3.05, 3.63) is 59.2 Å². The summed E-state index contributed by atoms with van der Waals surface area (Å²) in [6, 6.07) is 14.3. The molecule has 0 spiro atoms. The number of anilines is 1. The van der Waals surface area contributed by atoms with Gasteiger partial charge in [0.05, 0.1) is 20.3 Å². The van der Waals surface area contributed by atoms with Crippen LogP contribution in [0.4, 0.5) is 5.69 Å². The quantitative estimate of drug-likeness (QED) is 0.685. The largest absolute Gasteiger partial charge is 0.497 e. The molecule has 2 heterocycles. The number of carbonyl (C=O) groups is 1. The molecule has 0 aliphatic carbocycles. The van der Waals surface area contributed by atoms with Crippen LogP contribution in [-0.2, 0) is 17.8 Å². The van der Waals surface area contributed by atoms with Crippen LogP contribution >= 0.6 is 0 Å². The van der Waals surface area contributed by atoms with Gasteiger partial charge in [-0.2, -0.15) is 0 Å². The summed E-state index contributed by atoms with van der Waals surface area (Å²) in [5.41, 5.74) is 4.50. The molecule has 6 nitrogen and oxygen atoms in total. The second kappa shape index (κ2) is 10.2. The molecule has 1 fully saturated rings. The zero-order valence-corrected chi connectivity index (χ0v) is 18.7. The monoisotopic (exact) mass is 423 g/mol. The molecule has 166 valence electrons. The van der Waals surface area contributed by atoms with E-state index in [-0.39, 0.29) is 5.91 Å². The average molecular weight is 424 g/mol. The molecule has 0 radical (unpaired) electrons. The lowest BCUT2D eigenvalue weighted by molar-refractivity contribution is 0.0741. The van der Waals surface area contributed by atoms with Crippen LogP contribution in [0.25, 0.3) is 0 Å². The van der Waals surface area contributed by atoms with Gasteiger partial charge in [-0.15, -0.1) is 0 Å². The molecule has 1 saturated heterocycles. The third kappa shape index (κ3) is 5.20. The minimum atomic E-state index is 0.133. The molecule has 1 amide bonds. The molecular formula is C25H33N3O3. The van der Waals surface area contributed by atoms with E-state index in [9.17, 15) is 4.79 Å². The van der Waals surface area contributed by atoms with Crippen LogP contribution in [-0.4, -0.2) is 75.2 Å². The van der Waals surface area contributed by atoms with Crippen LogP contribution in [0.2, 0.25) is 0 Å². The standard InChI is InChI=1S/C25H33N3O3/c1-3-27(25(29)21-4-5-22-19-31-17-10-20(22)18-21)14-11-26-12-15-28(16-13-26)23-6-8-24(30-2)9-7-23/h4-9,18H,3,10-17,19H2,1-2H3. The minimum Gasteiger partial charge on any atom is -0.497 e. The number of amides is 1. The summed E-state index contributed by atoms with van der Waals surface area (Å²) < 4.78 is 10.8. The Morgan fingerprint density at radius 3 is 2.55 bits per heavy atom. The zero-order valence-electron chi connectivity index (χ0n) is 18.7. The van der Waals surface area contributed by atoms with Gasteiger partial charge in [0.25, 0.3) is 5.91 Å². The van der Waals surface area contributed by atoms with E-state index >= 15 is 0 Å². The summed E-state index contributed by atoms with van der Waals surface area (Å²) in [6.07, 6.45) is 0.890. The van der Waals surface area contributed by atoms with Crippen molar-refractivity contribution in [2.45, 2.75) is 20.0 Å². The first-order chi connectivity index (χ1) is 15.2. The number of hydrogen-bond donors (Lipinski definition) is 0. The molecule has 4 rings (SSSR count). The summed E-state index contributed by atoms with van der Waals surface area (Å²) in [7, 11) is 1.69. The fourth-order valence-electron chi connectivity index (χ4n) is 4.37. The lowest BCUT2D eigenvalue weighted by Crippen LogP contribution is -2.49. The Labute approximate surface area is 185 Å². The van der Waals surface area contributed by atoms with Crippen LogP contribution in [0.3, 0.4) is 0 Å². The fraction of sp³-hybridized carbons (Fsp3) is 0.480. The van der Waals surface area contributed by atoms with Gasteiger partial charge < -0.3 is 19.3 Å². The molecule has 2 aliphatic heterocycles. The molecule has 0 N–H and O–H groups in total. The van der Waals surface area contributed by atoms with Gasteiger partial charge in [0, 0.05) is 57.1 Å². The molecule has 6 heteroatoms. The summed E-state index contributed by atoms with van der Waals surface area (Å²) in [5, 5.41) is 0. The summed E-state index contributed by atoms with van der Waals surface area (Å²) in [4.78, 5) is 19.9. The SMILES string of the molecule is CCN(CCN1CCN(c2ccc(OC)cc2)CC1)C(=O)c1ccc2c(c1)CCOC2. The zero-order chi connectivity index (χ0) is 21.6. The van der Waals surface area contributed by atoms with Crippen molar-refractivity contribution < 1.29 is 14.3 Å². The number of rotatable bonds is 7. The van der Waals surface area contributed by atoms with Crippen molar-refractivity contribution in [3.8, 4) is 5.75 Å². The summed E-state index contributed by atoms with van der Waals surface area (Å²) in [6.45, 7) is 9.88. The Balaban J connectivity index is 1.28. The first-order valence-corrected chi connectivity index (χ1v) is 11.3. The third-order valence-corrected chi connectivity index (χ3v) is 6.39. The van der Waals surface area contributed by atoms with Crippen molar-refractivity contribution in [3.63, 3.8) is 0 Å². The van der Waals surface area contributed by atoms with Crippen LogP contribution in [0.5, 0.6) is 5.75 Å². The van der Waals surface area contributed by atoms with E-state index in [1.165, 1.54) is 16.8 Å². The predicted octanol–water partition coefficient (Wildman–Crippen LogP) is 3.05. The van der Waals surface area contributed by atoms with Crippen molar-refractivity contribution in [2.75, 3.05) is 64.4 Å². The maximum atomic E-state index is 13.1. The second-order valence-corrected chi connectivity index (χ2v) is 8.20. The number of fused-ring (bicyclic) bond motifs is 1. The molecule has 2 aliphatic rings. The number of likely N-dealkylation sites (N-methyl/N-ethyl adjacent to an activating group) is 1. The van der Waals surface area contributed by atoms with Crippen LogP contribution in [0, 0.1) is 0 Å². The molecule has 2 aromatic carbocycles. The second-order valence-electron chi connectivity index (χ2n) is 8.20. The Morgan fingerprint density at radius 1 is 1.06 bits per heavy atom. The minimum absolute atomic E-state index is 0.133. The first-order valence-electron chi connectivity index (χ1n) is 11.3. The normalized spacial score (nSPS) is 16.6. The Bertz CT molecular complexity index is 876. The number of carbonyl (C=O) groups excluding carboxylic acids is 1. The van der Waals surface area contributed by atoms with E-state index in [2.05, 4.69) is 34.9 Å². The molecule has 2 aromatic rings. The van der Waals surface area contributed by atoms with E-state index in [1.807, 2.05) is 29.2 Å². The van der Waals surface area contributed by atoms with Gasteiger partial charge in [-0.3, -0.25) is 9.69 Å². The molecule has 0 atom stereocenters. The average Bonchev–Trinajstić information content (AvgIpc) is 2.84. The van der Waals surface area contributed by atoms with Gasteiger partial charge in [-0.25, -0.2) is 0 Å². The highest BCUT2D eigenvalue weighted by atomic mass is 16.5. The van der Waals surface area contributed by atoms with Gasteiger partial charge in [0.15, 0.2) is 0 Å². The van der Waals surface area contributed by atoms with Gasteiger partial charge in [-0.1, -0.05) is 6.07 Å². The summed E-state index contributed by atoms with van der Waals surface area (Å²) >= 11 is 0. The number of ether oxygens (including phenoxy) is 2. The van der Waals surface area contributed by atoms with E-state index in [4.69, 9.17) is 9.47 Å². The number of methoxy groups -OCH3 is 1. The lowest BCUT2D eigenvalue weighted by atomic mass is 10.00. The highest BCUT2D eigenvalue weighted by Gasteiger charge is 2.21. The Kier molecular flexibility index (Phi) is 7.10. The third-order valence-electron chi connectivity index (χ3n) is 6.39. The molecule has 0 aromatic heterocycles. The molecule has 31 heavy (non-hydrogen) atoms. The Hall–Kier alpha value is -2.57. The fourth-order valence-corrected chi connectivity index (χ4v) is 4.37. The number of nitrogens with zero attached hydrogens (tertiary/aromatic N) is 3. The van der Waals surface area contributed by atoms with Crippen LogP contribution in [0.1, 0.15) is 28.4 Å². The maximum absolute atomic E-state index is 13.1. The molecule has 0 unspecified atom stereocenters. The highest BCUT2D eigenvalue weighted by Crippen LogP contribution is 2.21. The number of hydrogen-bond acceptors (Lipinski definition) is 5. The Morgan fingerprint density at radius 2 is 1.84 bits per heavy atom. The smallest absolute Gasteiger partial charge is 0.253 e. The van der Waals surface area contributed by atoms with Crippen molar-refractivity contribution >= 4 is 11.6 Å². The van der Waals surface area contributed by atoms with Crippen LogP contribution in [0.15, 0.2) is 42.5 Å². The number of piperazine rings is 1. The highest BCUT2D eigenvalue weighted by molar-refractivity contribution is 5.94. The van der Waals surface area contributed by atoms with Crippen LogP contribution < -0.4 is 9.64 Å². The van der Waals surface area contributed by atoms with Gasteiger partial charge >= 0.3 is 0 Å². The van der Waals surface area contributed by atoms with Gasteiger partial charge in [0.2, 0.25) is 0 Å². The van der Waals surface area contributed by atoms with Gasteiger partial charge in [-0.05, 0) is 60.9 Å². The topological polar surface area (TPSA) is 45.2 Å². The predicted molar refractivity (Wildman–Crippen MR) is 123 cm³/mol. The molecule has 0 bridgehead atoms. The molecular weight excluding hydrogens is 390 g/mol. The van der Waals surface area contributed by atoms with Crippen molar-refractivity contribution in [2.24, 2.45) is 0 Å². The van der Waals surface area contributed by atoms with E-state index < -0.39 is 0 Å². The maximum Gasteiger partial charge on any atom is 0.253 e. The van der Waals surface area contributed by atoms with Gasteiger partial charge in [0.1, 0.15) is 5.75 Å². The van der Waals surface area contributed by atoms with E-state index in [0.29, 0.717) is 6.61 Å². The summed E-state index contributed by atoms with van der Waals surface area (Å²) in [5.74, 6) is 1.02. The lowest BCUT2D eigenvalue weighted by Gasteiger charge is -2.37.